The molecule has 1 aliphatic rings. The van der Waals surface area contributed by atoms with Crippen LogP contribution in [-0.2, 0) is 10.5 Å². The largest absolute Gasteiger partial charge is 0.465 e. The van der Waals surface area contributed by atoms with E-state index in [4.69, 9.17) is 23.2 Å². The maximum absolute atomic E-state index is 13.0. The van der Waals surface area contributed by atoms with Crippen LogP contribution in [0.25, 0.3) is 0 Å². The third kappa shape index (κ3) is 3.41. The van der Waals surface area contributed by atoms with Crippen LogP contribution in [-0.4, -0.2) is 33.5 Å². The van der Waals surface area contributed by atoms with Gasteiger partial charge in [-0.2, -0.15) is 0 Å². The first-order valence-corrected chi connectivity index (χ1v) is 10.1. The molecule has 2 aromatic rings. The molecule has 3 rings (SSSR count). The molecule has 5 nitrogen and oxygen atoms in total. The summed E-state index contributed by atoms with van der Waals surface area (Å²) in [5.74, 6) is -0.471. The SMILES string of the molecule is CC(c1ccccc1)N1CC(=O)N(C(=O)O)[C@@]1(c1ccc(Cl)c(Cl)c1)C(C)(C)C. The van der Waals surface area contributed by atoms with Crippen LogP contribution in [0.2, 0.25) is 10.0 Å². The van der Waals surface area contributed by atoms with E-state index >= 15 is 0 Å². The van der Waals surface area contributed by atoms with Crippen LogP contribution in [0.4, 0.5) is 4.79 Å². The Balaban J connectivity index is 2.32. The number of carbonyl (C=O) groups excluding carboxylic acids is 1. The maximum atomic E-state index is 13.0. The Kier molecular flexibility index (Phi) is 5.69. The minimum atomic E-state index is -1.29. The average molecular weight is 435 g/mol. The van der Waals surface area contributed by atoms with Crippen molar-refractivity contribution in [2.45, 2.75) is 39.4 Å². The lowest BCUT2D eigenvalue weighted by Crippen LogP contribution is -2.61. The van der Waals surface area contributed by atoms with E-state index in [-0.39, 0.29) is 12.6 Å². The highest BCUT2D eigenvalue weighted by Gasteiger charge is 2.62. The minimum Gasteiger partial charge on any atom is -0.465 e. The molecule has 0 radical (unpaired) electrons. The van der Waals surface area contributed by atoms with Crippen molar-refractivity contribution in [3.8, 4) is 0 Å². The molecular weight excluding hydrogens is 411 g/mol. The van der Waals surface area contributed by atoms with Crippen LogP contribution in [0.3, 0.4) is 0 Å². The van der Waals surface area contributed by atoms with Crippen LogP contribution in [0, 0.1) is 5.41 Å². The summed E-state index contributed by atoms with van der Waals surface area (Å²) in [4.78, 5) is 28.2. The first-order valence-electron chi connectivity index (χ1n) is 9.35. The molecule has 0 aliphatic carbocycles. The van der Waals surface area contributed by atoms with Gasteiger partial charge in [0.1, 0.15) is 5.66 Å². The molecule has 2 atom stereocenters. The number of nitrogens with zero attached hydrogens (tertiary/aromatic N) is 2. The van der Waals surface area contributed by atoms with Crippen LogP contribution in [0.15, 0.2) is 48.5 Å². The van der Waals surface area contributed by atoms with Crippen molar-refractivity contribution in [3.05, 3.63) is 69.7 Å². The highest BCUT2D eigenvalue weighted by Crippen LogP contribution is 2.53. The molecule has 0 bridgehead atoms. The van der Waals surface area contributed by atoms with Gasteiger partial charge in [0.2, 0.25) is 5.91 Å². The molecule has 1 aliphatic heterocycles. The fraction of sp³-hybridized carbons (Fsp3) is 0.364. The van der Waals surface area contributed by atoms with Gasteiger partial charge in [0.15, 0.2) is 0 Å². The second kappa shape index (κ2) is 7.63. The van der Waals surface area contributed by atoms with Crippen LogP contribution < -0.4 is 0 Å². The molecule has 2 aromatic carbocycles. The summed E-state index contributed by atoms with van der Waals surface area (Å²) < 4.78 is 0. The molecule has 1 N–H and O–H groups in total. The molecule has 1 unspecified atom stereocenters. The van der Waals surface area contributed by atoms with Gasteiger partial charge in [-0.25, -0.2) is 9.69 Å². The molecular formula is C22H24Cl2N2O3. The number of benzene rings is 2. The topological polar surface area (TPSA) is 60.9 Å². The average Bonchev–Trinajstić information content (AvgIpc) is 2.98. The van der Waals surface area contributed by atoms with E-state index in [9.17, 15) is 14.7 Å². The number of rotatable bonds is 3. The lowest BCUT2D eigenvalue weighted by Gasteiger charge is -2.52. The zero-order valence-electron chi connectivity index (χ0n) is 16.8. The molecule has 0 spiro atoms. The molecule has 154 valence electrons. The zero-order chi connectivity index (χ0) is 21.6. The number of halogens is 2. The summed E-state index contributed by atoms with van der Waals surface area (Å²) in [6.07, 6.45) is -1.29. The smallest absolute Gasteiger partial charge is 0.415 e. The Labute approximate surface area is 180 Å². The highest BCUT2D eigenvalue weighted by molar-refractivity contribution is 6.42. The van der Waals surface area contributed by atoms with Crippen LogP contribution >= 0.6 is 23.2 Å². The molecule has 0 aromatic heterocycles. The van der Waals surface area contributed by atoms with Gasteiger partial charge < -0.3 is 5.11 Å². The fourth-order valence-electron chi connectivity index (χ4n) is 4.42. The van der Waals surface area contributed by atoms with Crippen LogP contribution in [0.1, 0.15) is 44.9 Å². The summed E-state index contributed by atoms with van der Waals surface area (Å²) in [5.41, 5.74) is -0.339. The minimum absolute atomic E-state index is 0.0279. The van der Waals surface area contributed by atoms with Crippen molar-refractivity contribution in [1.82, 2.24) is 9.80 Å². The van der Waals surface area contributed by atoms with Crippen molar-refractivity contribution < 1.29 is 14.7 Å². The Morgan fingerprint density at radius 3 is 2.24 bits per heavy atom. The Bertz CT molecular complexity index is 943. The third-order valence-electron chi connectivity index (χ3n) is 5.60. The highest BCUT2D eigenvalue weighted by atomic mass is 35.5. The van der Waals surface area contributed by atoms with Crippen LogP contribution in [0.5, 0.6) is 0 Å². The lowest BCUT2D eigenvalue weighted by atomic mass is 9.73. The number of carboxylic acid groups (broad SMARTS) is 1. The number of hydrogen-bond donors (Lipinski definition) is 1. The summed E-state index contributed by atoms with van der Waals surface area (Å²) >= 11 is 12.4. The van der Waals surface area contributed by atoms with E-state index < -0.39 is 23.1 Å². The summed E-state index contributed by atoms with van der Waals surface area (Å²) in [7, 11) is 0. The standard InChI is InChI=1S/C22H24Cl2N2O3/c1-14(15-8-6-5-7-9-15)25-13-19(27)26(20(28)29)22(25,21(2,3)4)16-10-11-17(23)18(24)12-16/h5-12,14H,13H2,1-4H3,(H,28,29)/t14?,22-/m0/s1. The predicted molar refractivity (Wildman–Crippen MR) is 114 cm³/mol. The van der Waals surface area contributed by atoms with Gasteiger partial charge in [-0.3, -0.25) is 9.69 Å². The van der Waals surface area contributed by atoms with Gasteiger partial charge in [-0.1, -0.05) is 80.4 Å². The van der Waals surface area contributed by atoms with Gasteiger partial charge in [0.05, 0.1) is 16.6 Å². The quantitative estimate of drug-likeness (QED) is 0.665. The third-order valence-corrected chi connectivity index (χ3v) is 6.34. The summed E-state index contributed by atoms with van der Waals surface area (Å²) in [6.45, 7) is 7.73. The number of hydrogen-bond acceptors (Lipinski definition) is 3. The van der Waals surface area contributed by atoms with Crippen molar-refractivity contribution in [3.63, 3.8) is 0 Å². The second-order valence-corrected chi connectivity index (χ2v) is 9.09. The number of carbonyl (C=O) groups is 2. The van der Waals surface area contributed by atoms with Crippen molar-refractivity contribution in [1.29, 1.82) is 0 Å². The molecule has 2 amide bonds. The van der Waals surface area contributed by atoms with Crippen molar-refractivity contribution >= 4 is 35.2 Å². The molecule has 0 saturated carbocycles. The first kappa shape index (κ1) is 21.6. The Hall–Kier alpha value is -2.08. The van der Waals surface area contributed by atoms with Crippen molar-refractivity contribution in [2.24, 2.45) is 5.41 Å². The van der Waals surface area contributed by atoms with E-state index in [1.54, 1.807) is 18.2 Å². The molecule has 7 heteroatoms. The Morgan fingerprint density at radius 2 is 1.72 bits per heavy atom. The summed E-state index contributed by atoms with van der Waals surface area (Å²) in [6, 6.07) is 14.5. The van der Waals surface area contributed by atoms with E-state index in [2.05, 4.69) is 0 Å². The molecule has 29 heavy (non-hydrogen) atoms. The first-order chi connectivity index (χ1) is 13.5. The lowest BCUT2D eigenvalue weighted by molar-refractivity contribution is -0.135. The second-order valence-electron chi connectivity index (χ2n) is 8.28. The number of amides is 2. The van der Waals surface area contributed by atoms with E-state index in [0.29, 0.717) is 15.6 Å². The van der Waals surface area contributed by atoms with Gasteiger partial charge in [-0.05, 0) is 30.2 Å². The zero-order valence-corrected chi connectivity index (χ0v) is 18.3. The monoisotopic (exact) mass is 434 g/mol. The van der Waals surface area contributed by atoms with Gasteiger partial charge in [0, 0.05) is 11.5 Å². The van der Waals surface area contributed by atoms with Gasteiger partial charge in [-0.15, -0.1) is 0 Å². The molecule has 1 heterocycles. The fourth-order valence-corrected chi connectivity index (χ4v) is 4.72. The van der Waals surface area contributed by atoms with E-state index in [0.717, 1.165) is 10.5 Å². The number of imide groups is 1. The predicted octanol–water partition coefficient (Wildman–Crippen LogP) is 5.78. The maximum Gasteiger partial charge on any atom is 0.415 e. The van der Waals surface area contributed by atoms with Gasteiger partial charge >= 0.3 is 6.09 Å². The summed E-state index contributed by atoms with van der Waals surface area (Å²) in [5, 5.41) is 10.7. The molecule has 1 saturated heterocycles. The van der Waals surface area contributed by atoms with Crippen molar-refractivity contribution in [2.75, 3.05) is 6.54 Å². The molecule has 1 fully saturated rings. The normalized spacial score (nSPS) is 21.4. The van der Waals surface area contributed by atoms with Gasteiger partial charge in [0.25, 0.3) is 0 Å². The Morgan fingerprint density at radius 1 is 1.10 bits per heavy atom. The van der Waals surface area contributed by atoms with E-state index in [1.165, 1.54) is 0 Å². The van der Waals surface area contributed by atoms with E-state index in [1.807, 2.05) is 62.9 Å².